The molecule has 27 heavy (non-hydrogen) atoms. The van der Waals surface area contributed by atoms with Crippen molar-refractivity contribution in [3.63, 3.8) is 0 Å². The van der Waals surface area contributed by atoms with Crippen molar-refractivity contribution in [2.24, 2.45) is 0 Å². The maximum Gasteiger partial charge on any atom is 0.258 e. The van der Waals surface area contributed by atoms with Crippen LogP contribution in [0.15, 0.2) is 42.6 Å². The number of pyridine rings is 1. The van der Waals surface area contributed by atoms with Crippen molar-refractivity contribution in [3.05, 3.63) is 53.7 Å². The first kappa shape index (κ1) is 18.7. The van der Waals surface area contributed by atoms with Gasteiger partial charge in [-0.25, -0.2) is 4.98 Å². The number of hydrogen-bond donors (Lipinski definition) is 1. The Morgan fingerprint density at radius 2 is 2.07 bits per heavy atom. The van der Waals surface area contributed by atoms with Crippen LogP contribution in [0.2, 0.25) is 0 Å². The van der Waals surface area contributed by atoms with E-state index < -0.39 is 0 Å². The highest BCUT2D eigenvalue weighted by Gasteiger charge is 2.24. The van der Waals surface area contributed by atoms with E-state index >= 15 is 0 Å². The molecule has 1 saturated carbocycles. The molecule has 0 spiro atoms. The number of hydrogen-bond acceptors (Lipinski definition) is 5. The number of rotatable bonds is 6. The van der Waals surface area contributed by atoms with Crippen LogP contribution in [0, 0.1) is 18.3 Å². The number of benzene rings is 1. The Hall–Kier alpha value is -3.07. The molecule has 1 aliphatic carbocycles. The van der Waals surface area contributed by atoms with Crippen molar-refractivity contribution >= 4 is 5.91 Å². The van der Waals surface area contributed by atoms with Gasteiger partial charge in [-0.05, 0) is 56.4 Å². The Morgan fingerprint density at radius 1 is 1.26 bits per heavy atom. The first-order valence-electron chi connectivity index (χ1n) is 9.14. The summed E-state index contributed by atoms with van der Waals surface area (Å²) in [6, 6.07) is 13.2. The van der Waals surface area contributed by atoms with Crippen LogP contribution in [-0.4, -0.2) is 29.6 Å². The Kier molecular flexibility index (Phi) is 6.26. The van der Waals surface area contributed by atoms with E-state index in [-0.39, 0.29) is 24.7 Å². The van der Waals surface area contributed by atoms with Crippen LogP contribution in [0.25, 0.3) is 0 Å². The Bertz CT molecular complexity index is 806. The van der Waals surface area contributed by atoms with Gasteiger partial charge in [-0.1, -0.05) is 12.1 Å². The third-order valence-corrected chi connectivity index (χ3v) is 4.55. The highest BCUT2D eigenvalue weighted by molar-refractivity contribution is 5.77. The quantitative estimate of drug-likeness (QED) is 0.850. The van der Waals surface area contributed by atoms with Crippen LogP contribution in [0.1, 0.15) is 36.8 Å². The summed E-state index contributed by atoms with van der Waals surface area (Å²) < 4.78 is 11.4. The average Bonchev–Trinajstić information content (AvgIpc) is 2.69. The first-order chi connectivity index (χ1) is 13.1. The summed E-state index contributed by atoms with van der Waals surface area (Å²) >= 11 is 0. The van der Waals surface area contributed by atoms with Crippen LogP contribution in [0.5, 0.6) is 11.6 Å². The second kappa shape index (κ2) is 9.04. The van der Waals surface area contributed by atoms with E-state index in [1.165, 1.54) is 6.20 Å². The number of nitrogens with one attached hydrogen (secondary N) is 1. The zero-order valence-corrected chi connectivity index (χ0v) is 15.4. The second-order valence-corrected chi connectivity index (χ2v) is 6.76. The van der Waals surface area contributed by atoms with Crippen molar-refractivity contribution in [2.75, 3.05) is 6.61 Å². The van der Waals surface area contributed by atoms with E-state index in [0.717, 1.165) is 31.2 Å². The summed E-state index contributed by atoms with van der Waals surface area (Å²) in [5.41, 5.74) is 1.62. The SMILES string of the molecule is Cc1cccc(OCC(=O)NC2CCC(Oc3ccc(C#N)cn3)CC2)c1. The van der Waals surface area contributed by atoms with Gasteiger partial charge in [-0.15, -0.1) is 0 Å². The summed E-state index contributed by atoms with van der Waals surface area (Å²) in [6.07, 6.45) is 5.02. The fourth-order valence-corrected chi connectivity index (χ4v) is 3.14. The number of amides is 1. The predicted octanol–water partition coefficient (Wildman–Crippen LogP) is 3.15. The standard InChI is InChI=1S/C21H23N3O3/c1-15-3-2-4-19(11-15)26-14-20(25)24-17-6-8-18(9-7-17)27-21-10-5-16(12-22)13-23-21/h2-5,10-11,13,17-18H,6-9,14H2,1H3,(H,24,25). The zero-order valence-electron chi connectivity index (χ0n) is 15.4. The summed E-state index contributed by atoms with van der Waals surface area (Å²) in [5.74, 6) is 1.14. The number of nitriles is 1. The molecule has 1 fully saturated rings. The molecule has 1 amide bonds. The van der Waals surface area contributed by atoms with Gasteiger partial charge in [0.1, 0.15) is 17.9 Å². The number of carbonyl (C=O) groups is 1. The summed E-state index contributed by atoms with van der Waals surface area (Å²) in [4.78, 5) is 16.2. The number of nitrogens with zero attached hydrogens (tertiary/aromatic N) is 2. The van der Waals surface area contributed by atoms with Crippen molar-refractivity contribution in [3.8, 4) is 17.7 Å². The minimum absolute atomic E-state index is 0.0229. The second-order valence-electron chi connectivity index (χ2n) is 6.76. The predicted molar refractivity (Wildman–Crippen MR) is 100 cm³/mol. The zero-order chi connectivity index (χ0) is 19.1. The van der Waals surface area contributed by atoms with Crippen LogP contribution >= 0.6 is 0 Å². The molecule has 6 heteroatoms. The van der Waals surface area contributed by atoms with Gasteiger partial charge in [0, 0.05) is 18.3 Å². The molecule has 1 heterocycles. The van der Waals surface area contributed by atoms with Gasteiger partial charge in [0.05, 0.1) is 5.56 Å². The summed E-state index contributed by atoms with van der Waals surface area (Å²) in [6.45, 7) is 2.01. The number of aromatic nitrogens is 1. The van der Waals surface area contributed by atoms with Gasteiger partial charge in [0.15, 0.2) is 6.61 Å². The molecule has 0 radical (unpaired) electrons. The fraction of sp³-hybridized carbons (Fsp3) is 0.381. The highest BCUT2D eigenvalue weighted by atomic mass is 16.5. The molecule has 2 aromatic rings. The lowest BCUT2D eigenvalue weighted by Crippen LogP contribution is -2.41. The summed E-state index contributed by atoms with van der Waals surface area (Å²) in [7, 11) is 0. The third-order valence-electron chi connectivity index (χ3n) is 4.55. The first-order valence-corrected chi connectivity index (χ1v) is 9.14. The smallest absolute Gasteiger partial charge is 0.258 e. The Balaban J connectivity index is 1.38. The van der Waals surface area contributed by atoms with Crippen molar-refractivity contribution < 1.29 is 14.3 Å². The van der Waals surface area contributed by atoms with Gasteiger partial charge < -0.3 is 14.8 Å². The van der Waals surface area contributed by atoms with Crippen LogP contribution in [-0.2, 0) is 4.79 Å². The molecule has 3 rings (SSSR count). The van der Waals surface area contributed by atoms with Crippen molar-refractivity contribution in [1.82, 2.24) is 10.3 Å². The molecule has 140 valence electrons. The van der Waals surface area contributed by atoms with Gasteiger partial charge in [-0.2, -0.15) is 5.26 Å². The van der Waals surface area contributed by atoms with E-state index in [4.69, 9.17) is 14.7 Å². The summed E-state index contributed by atoms with van der Waals surface area (Å²) in [5, 5.41) is 11.8. The molecule has 0 saturated heterocycles. The maximum absolute atomic E-state index is 12.1. The van der Waals surface area contributed by atoms with E-state index in [1.807, 2.05) is 37.3 Å². The van der Waals surface area contributed by atoms with Gasteiger partial charge >= 0.3 is 0 Å². The molecule has 0 bridgehead atoms. The molecule has 0 atom stereocenters. The van der Waals surface area contributed by atoms with E-state index in [1.54, 1.807) is 12.1 Å². The normalized spacial score (nSPS) is 19.0. The number of ether oxygens (including phenoxy) is 2. The maximum atomic E-state index is 12.1. The topological polar surface area (TPSA) is 84.2 Å². The van der Waals surface area contributed by atoms with E-state index in [2.05, 4.69) is 10.3 Å². The minimum atomic E-state index is -0.102. The molecular weight excluding hydrogens is 342 g/mol. The molecule has 1 N–H and O–H groups in total. The Labute approximate surface area is 159 Å². The van der Waals surface area contributed by atoms with Gasteiger partial charge in [-0.3, -0.25) is 4.79 Å². The van der Waals surface area contributed by atoms with Crippen LogP contribution in [0.3, 0.4) is 0 Å². The monoisotopic (exact) mass is 365 g/mol. The minimum Gasteiger partial charge on any atom is -0.484 e. The lowest BCUT2D eigenvalue weighted by molar-refractivity contribution is -0.124. The van der Waals surface area contributed by atoms with E-state index in [9.17, 15) is 4.79 Å². The molecular formula is C21H23N3O3. The molecule has 1 aromatic heterocycles. The Morgan fingerprint density at radius 3 is 2.74 bits per heavy atom. The number of aryl methyl sites for hydroxylation is 1. The molecule has 0 unspecified atom stereocenters. The van der Waals surface area contributed by atoms with E-state index in [0.29, 0.717) is 17.2 Å². The lowest BCUT2D eigenvalue weighted by atomic mass is 9.93. The molecule has 1 aromatic carbocycles. The molecule has 6 nitrogen and oxygen atoms in total. The van der Waals surface area contributed by atoms with Crippen molar-refractivity contribution in [1.29, 1.82) is 5.26 Å². The fourth-order valence-electron chi connectivity index (χ4n) is 3.14. The van der Waals surface area contributed by atoms with Crippen LogP contribution in [0.4, 0.5) is 0 Å². The largest absolute Gasteiger partial charge is 0.484 e. The van der Waals surface area contributed by atoms with Crippen molar-refractivity contribution in [2.45, 2.75) is 44.8 Å². The number of carbonyl (C=O) groups excluding carboxylic acids is 1. The molecule has 1 aliphatic rings. The van der Waals surface area contributed by atoms with Gasteiger partial charge in [0.25, 0.3) is 5.91 Å². The third kappa shape index (κ3) is 5.71. The lowest BCUT2D eigenvalue weighted by Gasteiger charge is -2.29. The van der Waals surface area contributed by atoms with Crippen LogP contribution < -0.4 is 14.8 Å². The molecule has 0 aliphatic heterocycles. The van der Waals surface area contributed by atoms with Gasteiger partial charge in [0.2, 0.25) is 5.88 Å². The average molecular weight is 365 g/mol. The highest BCUT2D eigenvalue weighted by Crippen LogP contribution is 2.23.